The summed E-state index contributed by atoms with van der Waals surface area (Å²) in [5.74, 6) is -0.257. The predicted molar refractivity (Wildman–Crippen MR) is 94.3 cm³/mol. The van der Waals surface area contributed by atoms with E-state index in [1.807, 2.05) is 6.07 Å². The van der Waals surface area contributed by atoms with Gasteiger partial charge in [0.2, 0.25) is 15.9 Å². The second-order valence-corrected chi connectivity index (χ2v) is 8.25. The second kappa shape index (κ2) is 7.89. The number of carbonyl (C=O) groups excluding carboxylic acids is 1. The van der Waals surface area contributed by atoms with Crippen molar-refractivity contribution in [2.75, 3.05) is 19.7 Å². The van der Waals surface area contributed by atoms with Crippen LogP contribution in [-0.2, 0) is 14.8 Å². The van der Waals surface area contributed by atoms with E-state index in [2.05, 4.69) is 5.32 Å². The summed E-state index contributed by atoms with van der Waals surface area (Å²) in [4.78, 5) is 12.5. The molecule has 0 bridgehead atoms. The lowest BCUT2D eigenvalue weighted by Crippen LogP contribution is -2.32. The Hall–Kier alpha value is -2.37. The van der Waals surface area contributed by atoms with Crippen LogP contribution in [0.2, 0.25) is 0 Å². The summed E-state index contributed by atoms with van der Waals surface area (Å²) in [5, 5.41) is 11.5. The number of amides is 1. The summed E-state index contributed by atoms with van der Waals surface area (Å²) in [7, 11) is -3.54. The number of ether oxygens (including phenoxy) is 1. The van der Waals surface area contributed by atoms with Gasteiger partial charge in [-0.2, -0.15) is 9.57 Å². The van der Waals surface area contributed by atoms with Crippen LogP contribution in [-0.4, -0.2) is 38.3 Å². The molecule has 0 atom stereocenters. The molecule has 3 rings (SSSR count). The zero-order valence-corrected chi connectivity index (χ0v) is 15.2. The minimum Gasteiger partial charge on any atom is -0.478 e. The average Bonchev–Trinajstić information content (AvgIpc) is 2.91. The normalized spacial score (nSPS) is 18.7. The largest absolute Gasteiger partial charge is 0.478 e. The van der Waals surface area contributed by atoms with Crippen LogP contribution in [0, 0.1) is 11.3 Å². The van der Waals surface area contributed by atoms with Crippen LogP contribution in [0.25, 0.3) is 0 Å². The number of rotatable bonds is 4. The van der Waals surface area contributed by atoms with Gasteiger partial charge in [0.1, 0.15) is 6.07 Å². The Kier molecular flexibility index (Phi) is 5.59. The number of hydrogen-bond acceptors (Lipinski definition) is 5. The van der Waals surface area contributed by atoms with Gasteiger partial charge < -0.3 is 4.74 Å². The van der Waals surface area contributed by atoms with Crippen LogP contribution < -0.4 is 5.32 Å². The van der Waals surface area contributed by atoms with E-state index in [4.69, 9.17) is 10.00 Å². The molecule has 8 heteroatoms. The topological polar surface area (TPSA) is 99.5 Å². The van der Waals surface area contributed by atoms with Crippen LogP contribution in [0.4, 0.5) is 0 Å². The van der Waals surface area contributed by atoms with Crippen LogP contribution in [0.3, 0.4) is 0 Å². The molecule has 1 aromatic rings. The van der Waals surface area contributed by atoms with Crippen molar-refractivity contribution in [3.8, 4) is 6.07 Å². The Balaban J connectivity index is 1.73. The number of sulfonamides is 1. The van der Waals surface area contributed by atoms with Crippen LogP contribution >= 0.6 is 0 Å². The molecule has 0 spiro atoms. The molecule has 1 saturated heterocycles. The first-order chi connectivity index (χ1) is 12.5. The fourth-order valence-corrected chi connectivity index (χ4v) is 4.58. The summed E-state index contributed by atoms with van der Waals surface area (Å²) in [6.07, 6.45) is 4.31. The van der Waals surface area contributed by atoms with Gasteiger partial charge in [-0.3, -0.25) is 10.1 Å². The van der Waals surface area contributed by atoms with Crippen molar-refractivity contribution in [1.29, 1.82) is 5.26 Å². The maximum Gasteiger partial charge on any atom is 0.257 e. The van der Waals surface area contributed by atoms with Crippen molar-refractivity contribution >= 4 is 15.9 Å². The minimum absolute atomic E-state index is 0.179. The number of nitrogens with zero attached hydrogens (tertiary/aromatic N) is 2. The molecular weight excluding hydrogens is 354 g/mol. The fourth-order valence-electron chi connectivity index (χ4n) is 3.06. The number of nitrogens with one attached hydrogen (secondary N) is 1. The van der Waals surface area contributed by atoms with E-state index in [-0.39, 0.29) is 10.8 Å². The number of carbonyl (C=O) groups is 1. The molecule has 0 unspecified atom stereocenters. The number of hydrogen-bond donors (Lipinski definition) is 1. The molecule has 0 aliphatic carbocycles. The van der Waals surface area contributed by atoms with Crippen LogP contribution in [0.5, 0.6) is 0 Å². The average molecular weight is 375 g/mol. The van der Waals surface area contributed by atoms with Crippen molar-refractivity contribution in [1.82, 2.24) is 9.62 Å². The predicted octanol–water partition coefficient (Wildman–Crippen LogP) is 2.14. The van der Waals surface area contributed by atoms with Gasteiger partial charge in [0.25, 0.3) is 5.91 Å². The zero-order chi connectivity index (χ0) is 18.6. The zero-order valence-electron chi connectivity index (χ0n) is 14.4. The van der Waals surface area contributed by atoms with Crippen LogP contribution in [0.1, 0.15) is 42.5 Å². The standard InChI is InChI=1S/C18H21N3O4S/c19-13-15-9-12-25-18(15)20-17(22)14-5-7-16(8-6-14)26(23,24)21-10-3-1-2-4-11-21/h5-8H,1-4,9-12H2,(H,20,22). The van der Waals surface area contributed by atoms with Gasteiger partial charge in [0.05, 0.1) is 17.1 Å². The fraction of sp³-hybridized carbons (Fsp3) is 0.444. The van der Waals surface area contributed by atoms with Crippen molar-refractivity contribution < 1.29 is 17.9 Å². The molecular formula is C18H21N3O4S. The molecule has 1 N–H and O–H groups in total. The van der Waals surface area contributed by atoms with E-state index in [9.17, 15) is 13.2 Å². The van der Waals surface area contributed by atoms with E-state index in [0.29, 0.717) is 37.3 Å². The molecule has 2 heterocycles. The lowest BCUT2D eigenvalue weighted by Gasteiger charge is -2.20. The molecule has 0 saturated carbocycles. The Labute approximate surface area is 153 Å². The Morgan fingerprint density at radius 3 is 2.38 bits per heavy atom. The van der Waals surface area contributed by atoms with Gasteiger partial charge in [0.15, 0.2) is 0 Å². The van der Waals surface area contributed by atoms with Gasteiger partial charge >= 0.3 is 0 Å². The lowest BCUT2D eigenvalue weighted by molar-refractivity contribution is 0.0930. The second-order valence-electron chi connectivity index (χ2n) is 6.31. The molecule has 1 amide bonds. The highest BCUT2D eigenvalue weighted by atomic mass is 32.2. The third-order valence-electron chi connectivity index (χ3n) is 4.55. The molecule has 1 aromatic carbocycles. The third-order valence-corrected chi connectivity index (χ3v) is 6.47. The smallest absolute Gasteiger partial charge is 0.257 e. The van der Waals surface area contributed by atoms with E-state index < -0.39 is 15.9 Å². The summed E-state index contributed by atoms with van der Waals surface area (Å²) < 4.78 is 32.2. The first kappa shape index (κ1) is 18.4. The SMILES string of the molecule is N#CC1=C(NC(=O)c2ccc(S(=O)(=O)N3CCCCCC3)cc2)OCC1. The molecule has 2 aliphatic rings. The molecule has 0 aromatic heterocycles. The van der Waals surface area contributed by atoms with E-state index in [0.717, 1.165) is 25.7 Å². The number of nitriles is 1. The molecule has 26 heavy (non-hydrogen) atoms. The first-order valence-electron chi connectivity index (χ1n) is 8.70. The summed E-state index contributed by atoms with van der Waals surface area (Å²) in [6.45, 7) is 1.44. The van der Waals surface area contributed by atoms with Gasteiger partial charge in [-0.05, 0) is 37.1 Å². The highest BCUT2D eigenvalue weighted by Gasteiger charge is 2.25. The van der Waals surface area contributed by atoms with Crippen molar-refractivity contribution in [3.05, 3.63) is 41.3 Å². The van der Waals surface area contributed by atoms with E-state index in [1.165, 1.54) is 28.6 Å². The van der Waals surface area contributed by atoms with E-state index >= 15 is 0 Å². The first-order valence-corrected chi connectivity index (χ1v) is 10.1. The maximum atomic E-state index is 12.7. The highest BCUT2D eigenvalue weighted by molar-refractivity contribution is 7.89. The van der Waals surface area contributed by atoms with Crippen molar-refractivity contribution in [2.45, 2.75) is 37.0 Å². The Morgan fingerprint density at radius 1 is 1.12 bits per heavy atom. The van der Waals surface area contributed by atoms with Gasteiger partial charge in [-0.1, -0.05) is 12.8 Å². The van der Waals surface area contributed by atoms with Crippen molar-refractivity contribution in [3.63, 3.8) is 0 Å². The quantitative estimate of drug-likeness (QED) is 0.869. The van der Waals surface area contributed by atoms with Gasteiger partial charge in [0, 0.05) is 25.1 Å². The van der Waals surface area contributed by atoms with E-state index in [1.54, 1.807) is 0 Å². The summed E-state index contributed by atoms with van der Waals surface area (Å²) in [6, 6.07) is 7.84. The lowest BCUT2D eigenvalue weighted by atomic mass is 10.2. The Morgan fingerprint density at radius 2 is 1.77 bits per heavy atom. The van der Waals surface area contributed by atoms with Gasteiger partial charge in [-0.25, -0.2) is 8.42 Å². The summed E-state index contributed by atoms with van der Waals surface area (Å²) in [5.41, 5.74) is 0.707. The molecule has 7 nitrogen and oxygen atoms in total. The maximum absolute atomic E-state index is 12.7. The minimum atomic E-state index is -3.54. The highest BCUT2D eigenvalue weighted by Crippen LogP contribution is 2.21. The van der Waals surface area contributed by atoms with Crippen molar-refractivity contribution in [2.24, 2.45) is 0 Å². The third kappa shape index (κ3) is 3.89. The Bertz CT molecular complexity index is 845. The monoisotopic (exact) mass is 375 g/mol. The molecule has 2 aliphatic heterocycles. The molecule has 138 valence electrons. The van der Waals surface area contributed by atoms with Crippen LogP contribution in [0.15, 0.2) is 40.6 Å². The molecule has 1 fully saturated rings. The molecule has 0 radical (unpaired) electrons. The van der Waals surface area contributed by atoms with Gasteiger partial charge in [-0.15, -0.1) is 0 Å². The summed E-state index contributed by atoms with van der Waals surface area (Å²) >= 11 is 0. The number of benzene rings is 1.